The van der Waals surface area contributed by atoms with Gasteiger partial charge in [-0.25, -0.2) is 9.59 Å². The molecule has 7 nitrogen and oxygen atoms in total. The predicted octanol–water partition coefficient (Wildman–Crippen LogP) is 1.05. The van der Waals surface area contributed by atoms with E-state index in [2.05, 4.69) is 10.6 Å². The lowest BCUT2D eigenvalue weighted by Gasteiger charge is -2.12. The van der Waals surface area contributed by atoms with E-state index in [0.29, 0.717) is 12.3 Å². The highest BCUT2D eigenvalue weighted by Crippen LogP contribution is 2.11. The summed E-state index contributed by atoms with van der Waals surface area (Å²) in [6.45, 7) is 0.331. The Balaban J connectivity index is 2.49. The van der Waals surface area contributed by atoms with Crippen molar-refractivity contribution in [3.8, 4) is 0 Å². The summed E-state index contributed by atoms with van der Waals surface area (Å²) in [5.41, 5.74) is 1.52. The van der Waals surface area contributed by atoms with Crippen LogP contribution in [0.1, 0.15) is 5.56 Å². The average molecular weight is 282 g/mol. The Morgan fingerprint density at radius 1 is 1.35 bits per heavy atom. The highest BCUT2D eigenvalue weighted by Gasteiger charge is 2.16. The third-order valence-electron chi connectivity index (χ3n) is 2.50. The van der Waals surface area contributed by atoms with Crippen molar-refractivity contribution in [3.63, 3.8) is 0 Å². The maximum atomic E-state index is 11.6. The molecule has 0 saturated carbocycles. The molecule has 0 aromatic heterocycles. The molecule has 0 aliphatic carbocycles. The predicted molar refractivity (Wildman–Crippen MR) is 72.6 cm³/mol. The molecule has 0 heterocycles. The van der Waals surface area contributed by atoms with Gasteiger partial charge in [0.15, 0.2) is 6.10 Å². The lowest BCUT2D eigenvalue weighted by atomic mass is 10.2. The summed E-state index contributed by atoms with van der Waals surface area (Å²) in [5, 5.41) is 13.8. The summed E-state index contributed by atoms with van der Waals surface area (Å²) in [7, 11) is 2.86. The standard InChI is InChI=1S/C13H18N2O5/c1-19-8-9-4-3-5-10(6-9)15-13(18)14-7-11(20-2)12(16)17/h3-6,11H,7-8H2,1-2H3,(H,16,17)(H2,14,15,18). The van der Waals surface area contributed by atoms with E-state index in [1.807, 2.05) is 6.07 Å². The average Bonchev–Trinajstić information content (AvgIpc) is 2.39. The van der Waals surface area contributed by atoms with Gasteiger partial charge in [-0.2, -0.15) is 0 Å². The van der Waals surface area contributed by atoms with Gasteiger partial charge in [0.05, 0.1) is 13.2 Å². The molecule has 1 unspecified atom stereocenters. The molecule has 0 spiro atoms. The van der Waals surface area contributed by atoms with Crippen molar-refractivity contribution in [3.05, 3.63) is 29.8 Å². The minimum Gasteiger partial charge on any atom is -0.479 e. The number of nitrogens with one attached hydrogen (secondary N) is 2. The molecule has 0 aliphatic heterocycles. The molecule has 0 bridgehead atoms. The Hall–Kier alpha value is -2.12. The van der Waals surface area contributed by atoms with Crippen LogP contribution in [0.5, 0.6) is 0 Å². The lowest BCUT2D eigenvalue weighted by Crippen LogP contribution is -2.39. The molecule has 0 aliphatic rings. The van der Waals surface area contributed by atoms with Gasteiger partial charge < -0.3 is 25.2 Å². The van der Waals surface area contributed by atoms with Gasteiger partial charge in [-0.1, -0.05) is 12.1 Å². The van der Waals surface area contributed by atoms with Crippen molar-refractivity contribution < 1.29 is 24.2 Å². The highest BCUT2D eigenvalue weighted by atomic mass is 16.5. The van der Waals surface area contributed by atoms with Crippen molar-refractivity contribution in [1.29, 1.82) is 0 Å². The molecule has 1 aromatic rings. The van der Waals surface area contributed by atoms with Crippen LogP contribution in [0, 0.1) is 0 Å². The Morgan fingerprint density at radius 3 is 2.70 bits per heavy atom. The molecule has 20 heavy (non-hydrogen) atoms. The molecule has 2 amide bonds. The maximum Gasteiger partial charge on any atom is 0.334 e. The van der Waals surface area contributed by atoms with Gasteiger partial charge in [0.1, 0.15) is 0 Å². The van der Waals surface area contributed by atoms with E-state index >= 15 is 0 Å². The maximum absolute atomic E-state index is 11.6. The van der Waals surface area contributed by atoms with Crippen LogP contribution in [0.15, 0.2) is 24.3 Å². The zero-order valence-corrected chi connectivity index (χ0v) is 11.4. The topological polar surface area (TPSA) is 96.9 Å². The second kappa shape index (κ2) is 8.13. The molecule has 1 atom stereocenters. The number of carboxylic acids is 1. The van der Waals surface area contributed by atoms with Gasteiger partial charge in [-0.15, -0.1) is 0 Å². The first-order chi connectivity index (χ1) is 9.56. The van der Waals surface area contributed by atoms with Crippen LogP contribution >= 0.6 is 0 Å². The molecule has 1 aromatic carbocycles. The van der Waals surface area contributed by atoms with Gasteiger partial charge in [0.25, 0.3) is 0 Å². The van der Waals surface area contributed by atoms with E-state index in [9.17, 15) is 9.59 Å². The van der Waals surface area contributed by atoms with Crippen LogP contribution in [-0.2, 0) is 20.9 Å². The van der Waals surface area contributed by atoms with E-state index in [4.69, 9.17) is 14.6 Å². The summed E-state index contributed by atoms with van der Waals surface area (Å²) in [4.78, 5) is 22.3. The fourth-order valence-electron chi connectivity index (χ4n) is 1.54. The number of aliphatic carboxylic acids is 1. The smallest absolute Gasteiger partial charge is 0.334 e. The molecule has 1 rings (SSSR count). The first-order valence-electron chi connectivity index (χ1n) is 5.95. The van der Waals surface area contributed by atoms with Crippen molar-refractivity contribution in [2.75, 3.05) is 26.1 Å². The number of carbonyl (C=O) groups excluding carboxylic acids is 1. The summed E-state index contributed by atoms with van der Waals surface area (Å²) in [6, 6.07) is 6.66. The van der Waals surface area contributed by atoms with Crippen LogP contribution in [0.25, 0.3) is 0 Å². The number of urea groups is 1. The van der Waals surface area contributed by atoms with Crippen molar-refractivity contribution in [1.82, 2.24) is 5.32 Å². The Labute approximate surface area is 116 Å². The number of methoxy groups -OCH3 is 2. The van der Waals surface area contributed by atoms with E-state index < -0.39 is 18.1 Å². The van der Waals surface area contributed by atoms with Gasteiger partial charge in [0, 0.05) is 19.9 Å². The van der Waals surface area contributed by atoms with Crippen LogP contribution in [0.3, 0.4) is 0 Å². The Kier molecular flexibility index (Phi) is 6.48. The van der Waals surface area contributed by atoms with E-state index in [0.717, 1.165) is 5.56 Å². The van der Waals surface area contributed by atoms with Gasteiger partial charge in [-0.05, 0) is 17.7 Å². The Bertz CT molecular complexity index is 464. The summed E-state index contributed by atoms with van der Waals surface area (Å²) in [6.07, 6.45) is -1.07. The quantitative estimate of drug-likeness (QED) is 0.694. The second-order valence-corrected chi connectivity index (χ2v) is 4.03. The monoisotopic (exact) mass is 282 g/mol. The Morgan fingerprint density at radius 2 is 2.10 bits per heavy atom. The van der Waals surface area contributed by atoms with Gasteiger partial charge >= 0.3 is 12.0 Å². The summed E-state index contributed by atoms with van der Waals surface area (Å²) >= 11 is 0. The normalized spacial score (nSPS) is 11.7. The number of anilines is 1. The fourth-order valence-corrected chi connectivity index (χ4v) is 1.54. The highest BCUT2D eigenvalue weighted by molar-refractivity contribution is 5.89. The molecule has 3 N–H and O–H groups in total. The number of carboxylic acid groups (broad SMARTS) is 1. The largest absolute Gasteiger partial charge is 0.479 e. The summed E-state index contributed by atoms with van der Waals surface area (Å²) < 4.78 is 9.70. The second-order valence-electron chi connectivity index (χ2n) is 4.03. The minimum absolute atomic E-state index is 0.116. The van der Waals surface area contributed by atoms with Gasteiger partial charge in [0.2, 0.25) is 0 Å². The van der Waals surface area contributed by atoms with Gasteiger partial charge in [-0.3, -0.25) is 0 Å². The molecule has 0 radical (unpaired) electrons. The number of benzene rings is 1. The third kappa shape index (κ3) is 5.25. The number of amides is 2. The number of carbonyl (C=O) groups is 2. The number of hydrogen-bond donors (Lipinski definition) is 3. The van der Waals surface area contributed by atoms with Crippen molar-refractivity contribution in [2.45, 2.75) is 12.7 Å². The molecule has 7 heteroatoms. The molecular formula is C13H18N2O5. The molecular weight excluding hydrogens is 264 g/mol. The van der Waals surface area contributed by atoms with Crippen LogP contribution in [0.4, 0.5) is 10.5 Å². The first kappa shape index (κ1) is 15.9. The lowest BCUT2D eigenvalue weighted by molar-refractivity contribution is -0.147. The fraction of sp³-hybridized carbons (Fsp3) is 0.385. The number of hydrogen-bond acceptors (Lipinski definition) is 4. The minimum atomic E-state index is -1.13. The van der Waals surface area contributed by atoms with Crippen molar-refractivity contribution >= 4 is 17.7 Å². The summed E-state index contributed by atoms with van der Waals surface area (Å²) in [5.74, 6) is -1.13. The van der Waals surface area contributed by atoms with E-state index in [1.165, 1.54) is 7.11 Å². The van der Waals surface area contributed by atoms with E-state index in [1.54, 1.807) is 25.3 Å². The van der Waals surface area contributed by atoms with E-state index in [-0.39, 0.29) is 6.54 Å². The number of ether oxygens (including phenoxy) is 2. The first-order valence-corrected chi connectivity index (χ1v) is 5.95. The van der Waals surface area contributed by atoms with Crippen molar-refractivity contribution in [2.24, 2.45) is 0 Å². The number of rotatable bonds is 7. The zero-order chi connectivity index (χ0) is 15.0. The third-order valence-corrected chi connectivity index (χ3v) is 2.50. The van der Waals surface area contributed by atoms with Crippen LogP contribution in [-0.4, -0.2) is 44.0 Å². The molecule has 110 valence electrons. The zero-order valence-electron chi connectivity index (χ0n) is 11.4. The molecule has 0 fully saturated rings. The van der Waals surface area contributed by atoms with Crippen LogP contribution in [0.2, 0.25) is 0 Å². The van der Waals surface area contributed by atoms with Crippen LogP contribution < -0.4 is 10.6 Å². The SMILES string of the molecule is COCc1cccc(NC(=O)NCC(OC)C(=O)O)c1. The molecule has 0 saturated heterocycles.